The first kappa shape index (κ1) is 28.0. The highest BCUT2D eigenvalue weighted by Gasteiger charge is 1.93. The van der Waals surface area contributed by atoms with Crippen molar-refractivity contribution in [2.75, 3.05) is 66.1 Å². The van der Waals surface area contributed by atoms with Crippen LogP contribution >= 0.6 is 0 Å². The SMILES string of the molecule is CCCCCCCCCCOCCOCCOCC.OCCOCCO. The quantitative estimate of drug-likeness (QED) is 0.316. The molecule has 0 aromatic rings. The average Bonchev–Trinajstić information content (AvgIpc) is 2.66. The van der Waals surface area contributed by atoms with Crippen molar-refractivity contribution in [2.24, 2.45) is 0 Å². The monoisotopic (exact) mass is 380 g/mol. The Morgan fingerprint density at radius 2 is 0.885 bits per heavy atom. The molecule has 0 spiro atoms. The Labute approximate surface area is 161 Å². The highest BCUT2D eigenvalue weighted by Crippen LogP contribution is 2.08. The molecule has 0 saturated heterocycles. The van der Waals surface area contributed by atoms with E-state index in [0.29, 0.717) is 39.6 Å². The highest BCUT2D eigenvalue weighted by molar-refractivity contribution is 4.45. The standard InChI is InChI=1S/C16H34O3.C4H10O3/c1-3-5-6-7-8-9-10-11-12-18-15-16-19-14-13-17-4-2;5-1-3-7-4-2-6/h3-16H2,1-2H3;5-6H,1-4H2. The molecule has 0 aromatic heterocycles. The maximum Gasteiger partial charge on any atom is 0.0701 e. The van der Waals surface area contributed by atoms with Gasteiger partial charge in [0.25, 0.3) is 0 Å². The molecule has 0 unspecified atom stereocenters. The fourth-order valence-corrected chi connectivity index (χ4v) is 2.15. The van der Waals surface area contributed by atoms with Crippen LogP contribution in [0.25, 0.3) is 0 Å². The van der Waals surface area contributed by atoms with Crippen molar-refractivity contribution in [3.8, 4) is 0 Å². The molecule has 26 heavy (non-hydrogen) atoms. The number of unbranched alkanes of at least 4 members (excludes halogenated alkanes) is 7. The van der Waals surface area contributed by atoms with Gasteiger partial charge < -0.3 is 29.2 Å². The van der Waals surface area contributed by atoms with E-state index in [0.717, 1.165) is 13.2 Å². The number of hydrogen-bond donors (Lipinski definition) is 2. The van der Waals surface area contributed by atoms with Crippen LogP contribution in [0, 0.1) is 0 Å². The molecule has 0 rings (SSSR count). The number of ether oxygens (including phenoxy) is 4. The summed E-state index contributed by atoms with van der Waals surface area (Å²) in [5.74, 6) is 0. The second-order valence-corrected chi connectivity index (χ2v) is 5.96. The summed E-state index contributed by atoms with van der Waals surface area (Å²) in [6.07, 6.45) is 10.8. The smallest absolute Gasteiger partial charge is 0.0701 e. The zero-order valence-corrected chi connectivity index (χ0v) is 17.3. The number of aliphatic hydroxyl groups excluding tert-OH is 2. The summed E-state index contributed by atoms with van der Waals surface area (Å²) >= 11 is 0. The number of hydrogen-bond acceptors (Lipinski definition) is 6. The zero-order valence-electron chi connectivity index (χ0n) is 17.3. The van der Waals surface area contributed by atoms with Crippen molar-refractivity contribution < 1.29 is 29.2 Å². The Morgan fingerprint density at radius 1 is 0.462 bits per heavy atom. The van der Waals surface area contributed by atoms with Crippen LogP contribution in [0.2, 0.25) is 0 Å². The fourth-order valence-electron chi connectivity index (χ4n) is 2.15. The van der Waals surface area contributed by atoms with Crippen LogP contribution in [-0.2, 0) is 18.9 Å². The first-order valence-corrected chi connectivity index (χ1v) is 10.4. The summed E-state index contributed by atoms with van der Waals surface area (Å²) in [5.41, 5.74) is 0. The summed E-state index contributed by atoms with van der Waals surface area (Å²) in [5, 5.41) is 16.2. The van der Waals surface area contributed by atoms with Gasteiger partial charge in [0, 0.05) is 13.2 Å². The molecule has 0 bridgehead atoms. The molecule has 0 aromatic carbocycles. The van der Waals surface area contributed by atoms with Gasteiger partial charge in [-0.3, -0.25) is 0 Å². The lowest BCUT2D eigenvalue weighted by molar-refractivity contribution is 0.0162. The minimum atomic E-state index is 0.0278. The molecular formula is C20H44O6. The molecule has 0 aliphatic rings. The molecule has 2 N–H and O–H groups in total. The Bertz CT molecular complexity index is 196. The summed E-state index contributed by atoms with van der Waals surface area (Å²) in [6, 6.07) is 0. The van der Waals surface area contributed by atoms with E-state index in [1.165, 1.54) is 51.4 Å². The van der Waals surface area contributed by atoms with Crippen molar-refractivity contribution in [3.05, 3.63) is 0 Å². The first-order chi connectivity index (χ1) is 12.8. The summed E-state index contributed by atoms with van der Waals surface area (Å²) in [4.78, 5) is 0. The van der Waals surface area contributed by atoms with Crippen molar-refractivity contribution in [2.45, 2.75) is 65.2 Å². The van der Waals surface area contributed by atoms with Gasteiger partial charge in [-0.25, -0.2) is 0 Å². The van der Waals surface area contributed by atoms with Gasteiger partial charge in [0.1, 0.15) is 0 Å². The van der Waals surface area contributed by atoms with Crippen molar-refractivity contribution >= 4 is 0 Å². The van der Waals surface area contributed by atoms with Crippen LogP contribution in [0.15, 0.2) is 0 Å². The van der Waals surface area contributed by atoms with E-state index in [9.17, 15) is 0 Å². The Morgan fingerprint density at radius 3 is 1.38 bits per heavy atom. The molecule has 0 atom stereocenters. The van der Waals surface area contributed by atoms with Crippen LogP contribution in [-0.4, -0.2) is 76.3 Å². The third kappa shape index (κ3) is 31.5. The minimum absolute atomic E-state index is 0.0278. The lowest BCUT2D eigenvalue weighted by Gasteiger charge is -2.06. The number of rotatable bonds is 20. The van der Waals surface area contributed by atoms with Crippen LogP contribution < -0.4 is 0 Å². The molecule has 0 aliphatic carbocycles. The maximum absolute atomic E-state index is 8.09. The van der Waals surface area contributed by atoms with E-state index in [1.807, 2.05) is 6.92 Å². The average molecular weight is 381 g/mol. The zero-order chi connectivity index (χ0) is 19.6. The largest absolute Gasteiger partial charge is 0.394 e. The molecule has 0 fully saturated rings. The molecule has 160 valence electrons. The molecular weight excluding hydrogens is 336 g/mol. The van der Waals surface area contributed by atoms with Crippen molar-refractivity contribution in [1.82, 2.24) is 0 Å². The second kappa shape index (κ2) is 29.5. The van der Waals surface area contributed by atoms with Crippen molar-refractivity contribution in [3.63, 3.8) is 0 Å². The van der Waals surface area contributed by atoms with Crippen molar-refractivity contribution in [1.29, 1.82) is 0 Å². The summed E-state index contributed by atoms with van der Waals surface area (Å²) < 4.78 is 20.7. The molecule has 0 saturated carbocycles. The fraction of sp³-hybridized carbons (Fsp3) is 1.00. The second-order valence-electron chi connectivity index (χ2n) is 5.96. The molecule has 6 nitrogen and oxygen atoms in total. The predicted octanol–water partition coefficient (Wildman–Crippen LogP) is 3.18. The summed E-state index contributed by atoms with van der Waals surface area (Å²) in [6.45, 7) is 9.35. The molecule has 0 aliphatic heterocycles. The molecule has 0 amide bonds. The van der Waals surface area contributed by atoms with Gasteiger partial charge in [-0.15, -0.1) is 0 Å². The molecule has 0 heterocycles. The van der Waals surface area contributed by atoms with E-state index in [4.69, 9.17) is 24.4 Å². The van der Waals surface area contributed by atoms with Crippen LogP contribution in [0.1, 0.15) is 65.2 Å². The first-order valence-electron chi connectivity index (χ1n) is 10.4. The summed E-state index contributed by atoms with van der Waals surface area (Å²) in [7, 11) is 0. The van der Waals surface area contributed by atoms with Gasteiger partial charge in [0.15, 0.2) is 0 Å². The Kier molecular flexibility index (Phi) is 31.8. The Hall–Kier alpha value is -0.240. The highest BCUT2D eigenvalue weighted by atomic mass is 16.5. The third-order valence-corrected chi connectivity index (χ3v) is 3.56. The molecule has 0 radical (unpaired) electrons. The lowest BCUT2D eigenvalue weighted by Crippen LogP contribution is -2.09. The van der Waals surface area contributed by atoms with Gasteiger partial charge in [0.2, 0.25) is 0 Å². The van der Waals surface area contributed by atoms with E-state index >= 15 is 0 Å². The van der Waals surface area contributed by atoms with E-state index in [1.54, 1.807) is 0 Å². The van der Waals surface area contributed by atoms with Gasteiger partial charge in [-0.05, 0) is 13.3 Å². The lowest BCUT2D eigenvalue weighted by atomic mass is 10.1. The van der Waals surface area contributed by atoms with E-state index in [-0.39, 0.29) is 13.2 Å². The predicted molar refractivity (Wildman–Crippen MR) is 106 cm³/mol. The Balaban J connectivity index is 0. The van der Waals surface area contributed by atoms with Crippen LogP contribution in [0.3, 0.4) is 0 Å². The van der Waals surface area contributed by atoms with Gasteiger partial charge in [-0.1, -0.05) is 51.9 Å². The normalized spacial score (nSPS) is 10.6. The number of aliphatic hydroxyl groups is 2. The maximum atomic E-state index is 8.09. The van der Waals surface area contributed by atoms with Gasteiger partial charge in [-0.2, -0.15) is 0 Å². The topological polar surface area (TPSA) is 77.4 Å². The molecule has 6 heteroatoms. The van der Waals surface area contributed by atoms with E-state index in [2.05, 4.69) is 11.7 Å². The van der Waals surface area contributed by atoms with Gasteiger partial charge >= 0.3 is 0 Å². The van der Waals surface area contributed by atoms with Crippen LogP contribution in [0.5, 0.6) is 0 Å². The minimum Gasteiger partial charge on any atom is -0.394 e. The van der Waals surface area contributed by atoms with E-state index < -0.39 is 0 Å². The third-order valence-electron chi connectivity index (χ3n) is 3.56. The van der Waals surface area contributed by atoms with Gasteiger partial charge in [0.05, 0.1) is 52.9 Å². The van der Waals surface area contributed by atoms with Crippen LogP contribution in [0.4, 0.5) is 0 Å².